The number of aromatic nitrogens is 3. The van der Waals surface area contributed by atoms with Gasteiger partial charge in [-0.15, -0.1) is 0 Å². The monoisotopic (exact) mass is 646 g/mol. The number of hydrogen-bond acceptors (Lipinski definition) is 5. The summed E-state index contributed by atoms with van der Waals surface area (Å²) >= 11 is 8.85. The summed E-state index contributed by atoms with van der Waals surface area (Å²) in [4.78, 5) is 4.10. The molecule has 0 saturated heterocycles. The molecular formula is C28H26ClF2IN6. The van der Waals surface area contributed by atoms with Gasteiger partial charge >= 0.3 is 0 Å². The summed E-state index contributed by atoms with van der Waals surface area (Å²) in [6.07, 6.45) is 1.01. The number of nitrogens with zero attached hydrogens (tertiary/aromatic N) is 3. The van der Waals surface area contributed by atoms with Crippen molar-refractivity contribution in [3.8, 4) is 16.9 Å². The first-order valence-electron chi connectivity index (χ1n) is 11.8. The second-order valence-electron chi connectivity index (χ2n) is 8.31. The SMILES string of the molecule is C=C(NCCCI)c1cc(NC(=C)c2cc(-c3nc(NC)c(F)cc3F)ccc2Cl)n(-c2ccccc2)n1. The molecule has 0 atom stereocenters. The Labute approximate surface area is 239 Å². The predicted octanol–water partition coefficient (Wildman–Crippen LogP) is 7.38. The van der Waals surface area contributed by atoms with Gasteiger partial charge in [0, 0.05) is 52.0 Å². The third-order valence-electron chi connectivity index (χ3n) is 5.68. The van der Waals surface area contributed by atoms with E-state index in [9.17, 15) is 8.78 Å². The van der Waals surface area contributed by atoms with Crippen molar-refractivity contribution >= 4 is 57.2 Å². The standard InChI is InChI=1S/C28H26ClF2IN6/c1-17(21-14-19(10-11-22(21)29)27-23(30)15-24(31)28(33-3)36-27)35-26-16-25(18(2)34-13-7-12-32)37-38(26)20-8-5-4-6-9-20/h4-6,8-11,14-16,34-35H,1-2,7,12-13H2,3H3,(H,33,36). The highest BCUT2D eigenvalue weighted by molar-refractivity contribution is 14.1. The molecule has 3 N–H and O–H groups in total. The van der Waals surface area contributed by atoms with Crippen LogP contribution in [0.5, 0.6) is 0 Å². The Balaban J connectivity index is 1.68. The maximum absolute atomic E-state index is 14.6. The first-order valence-corrected chi connectivity index (χ1v) is 13.7. The minimum atomic E-state index is -0.784. The lowest BCUT2D eigenvalue weighted by Gasteiger charge is -2.15. The van der Waals surface area contributed by atoms with E-state index in [1.54, 1.807) is 22.9 Å². The van der Waals surface area contributed by atoms with Crippen LogP contribution in [0.25, 0.3) is 28.3 Å². The molecule has 4 aromatic rings. The van der Waals surface area contributed by atoms with Crippen LogP contribution in [0, 0.1) is 11.6 Å². The molecule has 0 fully saturated rings. The summed E-state index contributed by atoms with van der Waals surface area (Å²) in [6, 6.07) is 17.2. The molecular weight excluding hydrogens is 621 g/mol. The van der Waals surface area contributed by atoms with Gasteiger partial charge in [-0.05, 0) is 30.7 Å². The van der Waals surface area contributed by atoms with E-state index in [1.165, 1.54) is 7.05 Å². The molecule has 0 amide bonds. The van der Waals surface area contributed by atoms with Crippen molar-refractivity contribution in [1.29, 1.82) is 0 Å². The number of alkyl halides is 1. The fourth-order valence-electron chi connectivity index (χ4n) is 3.75. The predicted molar refractivity (Wildman–Crippen MR) is 161 cm³/mol. The van der Waals surface area contributed by atoms with E-state index in [2.05, 4.69) is 56.7 Å². The molecule has 0 aliphatic heterocycles. The van der Waals surface area contributed by atoms with Crippen molar-refractivity contribution in [2.75, 3.05) is 28.7 Å². The third-order valence-corrected chi connectivity index (χ3v) is 6.77. The molecule has 2 aromatic heterocycles. The van der Waals surface area contributed by atoms with E-state index in [1.807, 2.05) is 36.4 Å². The van der Waals surface area contributed by atoms with Gasteiger partial charge in [0.2, 0.25) is 0 Å². The quantitative estimate of drug-likeness (QED) is 0.0902. The summed E-state index contributed by atoms with van der Waals surface area (Å²) in [6.45, 7) is 9.10. The molecule has 2 aromatic carbocycles. The molecule has 0 aliphatic rings. The van der Waals surface area contributed by atoms with Crippen molar-refractivity contribution in [3.05, 3.63) is 102 Å². The van der Waals surface area contributed by atoms with E-state index in [0.29, 0.717) is 39.1 Å². The van der Waals surface area contributed by atoms with Gasteiger partial charge in [0.15, 0.2) is 17.5 Å². The van der Waals surface area contributed by atoms with Crippen molar-refractivity contribution in [3.63, 3.8) is 0 Å². The second-order valence-corrected chi connectivity index (χ2v) is 9.79. The molecule has 38 heavy (non-hydrogen) atoms. The number of rotatable bonds is 11. The lowest BCUT2D eigenvalue weighted by Crippen LogP contribution is -2.13. The number of pyridine rings is 1. The Morgan fingerprint density at radius 3 is 2.50 bits per heavy atom. The van der Waals surface area contributed by atoms with E-state index in [0.717, 1.165) is 29.1 Å². The highest BCUT2D eigenvalue weighted by Crippen LogP contribution is 2.32. The van der Waals surface area contributed by atoms with E-state index < -0.39 is 11.6 Å². The molecule has 0 aliphatic carbocycles. The summed E-state index contributed by atoms with van der Waals surface area (Å²) in [5.74, 6) is -0.974. The summed E-state index contributed by atoms with van der Waals surface area (Å²) < 4.78 is 31.4. The van der Waals surface area contributed by atoms with Gasteiger partial charge in [-0.2, -0.15) is 5.10 Å². The van der Waals surface area contributed by atoms with Gasteiger partial charge in [0.25, 0.3) is 0 Å². The van der Waals surface area contributed by atoms with E-state index >= 15 is 0 Å². The van der Waals surface area contributed by atoms with Crippen molar-refractivity contribution in [2.24, 2.45) is 0 Å². The molecule has 0 spiro atoms. The number of benzene rings is 2. The lowest BCUT2D eigenvalue weighted by molar-refractivity contribution is 0.579. The van der Waals surface area contributed by atoms with Crippen LogP contribution in [0.4, 0.5) is 20.4 Å². The second kappa shape index (κ2) is 12.4. The van der Waals surface area contributed by atoms with Gasteiger partial charge in [-0.3, -0.25) is 0 Å². The number of para-hydroxylation sites is 1. The summed E-state index contributed by atoms with van der Waals surface area (Å²) in [5.41, 5.74) is 3.62. The largest absolute Gasteiger partial charge is 0.384 e. The molecule has 2 heterocycles. The van der Waals surface area contributed by atoms with E-state index in [-0.39, 0.29) is 11.5 Å². The molecule has 0 unspecified atom stereocenters. The Morgan fingerprint density at radius 1 is 1.03 bits per heavy atom. The number of hydrogen-bond donors (Lipinski definition) is 3. The topological polar surface area (TPSA) is 66.8 Å². The van der Waals surface area contributed by atoms with Crippen LogP contribution in [0.3, 0.4) is 0 Å². The third kappa shape index (κ3) is 6.16. The maximum Gasteiger partial charge on any atom is 0.168 e. The van der Waals surface area contributed by atoms with Crippen LogP contribution >= 0.6 is 34.2 Å². The summed E-state index contributed by atoms with van der Waals surface area (Å²) in [5, 5.41) is 14.4. The molecule has 0 radical (unpaired) electrons. The fraction of sp³-hybridized carbons (Fsp3) is 0.143. The molecule has 196 valence electrons. The highest BCUT2D eigenvalue weighted by atomic mass is 127. The Kier molecular flexibility index (Phi) is 9.01. The Bertz CT molecular complexity index is 1470. The van der Waals surface area contributed by atoms with Gasteiger partial charge in [-0.1, -0.05) is 71.6 Å². The van der Waals surface area contributed by atoms with Crippen LogP contribution in [-0.2, 0) is 0 Å². The summed E-state index contributed by atoms with van der Waals surface area (Å²) in [7, 11) is 1.52. The Hall–Kier alpha value is -3.44. The highest BCUT2D eigenvalue weighted by Gasteiger charge is 2.17. The van der Waals surface area contributed by atoms with Gasteiger partial charge in [0.05, 0.1) is 11.4 Å². The van der Waals surface area contributed by atoms with Gasteiger partial charge in [0.1, 0.15) is 17.2 Å². The van der Waals surface area contributed by atoms with Crippen LogP contribution in [-0.4, -0.2) is 32.8 Å². The van der Waals surface area contributed by atoms with E-state index in [4.69, 9.17) is 16.7 Å². The van der Waals surface area contributed by atoms with Crippen LogP contribution in [0.2, 0.25) is 5.02 Å². The van der Waals surface area contributed by atoms with Crippen molar-refractivity contribution < 1.29 is 8.78 Å². The van der Waals surface area contributed by atoms with Crippen molar-refractivity contribution in [1.82, 2.24) is 20.1 Å². The Morgan fingerprint density at radius 2 is 1.79 bits per heavy atom. The average Bonchev–Trinajstić information content (AvgIpc) is 3.33. The molecule has 10 heteroatoms. The molecule has 4 rings (SSSR count). The van der Waals surface area contributed by atoms with Gasteiger partial charge < -0.3 is 16.0 Å². The maximum atomic E-state index is 14.6. The molecule has 6 nitrogen and oxygen atoms in total. The van der Waals surface area contributed by atoms with Crippen molar-refractivity contribution in [2.45, 2.75) is 6.42 Å². The number of anilines is 2. The first-order chi connectivity index (χ1) is 18.3. The van der Waals surface area contributed by atoms with Gasteiger partial charge in [-0.25, -0.2) is 18.4 Å². The zero-order chi connectivity index (χ0) is 27.2. The number of nitrogens with one attached hydrogen (secondary N) is 3. The zero-order valence-corrected chi connectivity index (χ0v) is 23.6. The fourth-order valence-corrected chi connectivity index (χ4v) is 4.36. The average molecular weight is 647 g/mol. The molecule has 0 saturated carbocycles. The van der Waals surface area contributed by atoms with Crippen LogP contribution < -0.4 is 16.0 Å². The minimum absolute atomic E-state index is 0.00745. The lowest BCUT2D eigenvalue weighted by atomic mass is 10.0. The first kappa shape index (κ1) is 27.6. The normalized spacial score (nSPS) is 10.8. The van der Waals surface area contributed by atoms with Crippen LogP contribution in [0.15, 0.2) is 73.8 Å². The molecule has 0 bridgehead atoms. The number of halogens is 4. The van der Waals surface area contributed by atoms with Crippen LogP contribution in [0.1, 0.15) is 17.7 Å². The minimum Gasteiger partial charge on any atom is -0.384 e. The zero-order valence-electron chi connectivity index (χ0n) is 20.7. The smallest absolute Gasteiger partial charge is 0.168 e.